The molecule has 0 atom stereocenters. The highest BCUT2D eigenvalue weighted by atomic mass is 16.5. The number of imidazole rings is 1. The first-order valence-corrected chi connectivity index (χ1v) is 6.11. The Balaban J connectivity index is 1.96. The van der Waals surface area contributed by atoms with Gasteiger partial charge in [-0.05, 0) is 32.2 Å². The Bertz CT molecular complexity index is 325. The second kappa shape index (κ2) is 4.97. The Morgan fingerprint density at radius 1 is 1.56 bits per heavy atom. The molecule has 90 valence electrons. The molecule has 0 aliphatic heterocycles. The van der Waals surface area contributed by atoms with Crippen LogP contribution in [-0.4, -0.2) is 23.6 Å². The zero-order valence-electron chi connectivity index (χ0n) is 10.2. The molecule has 1 heterocycles. The SMILES string of the molecule is CCCNCc1cnc(C2(OC)CCC2)[nH]1. The van der Waals surface area contributed by atoms with Crippen molar-refractivity contribution in [2.24, 2.45) is 0 Å². The zero-order valence-corrected chi connectivity index (χ0v) is 10.2. The van der Waals surface area contributed by atoms with Gasteiger partial charge in [0.05, 0.1) is 0 Å². The average Bonchev–Trinajstić information content (AvgIpc) is 2.67. The number of hydrogen-bond donors (Lipinski definition) is 2. The Morgan fingerprint density at radius 2 is 2.38 bits per heavy atom. The van der Waals surface area contributed by atoms with Crippen LogP contribution < -0.4 is 5.32 Å². The van der Waals surface area contributed by atoms with Gasteiger partial charge in [-0.15, -0.1) is 0 Å². The summed E-state index contributed by atoms with van der Waals surface area (Å²) in [5.74, 6) is 0.995. The van der Waals surface area contributed by atoms with Gasteiger partial charge < -0.3 is 15.0 Å². The van der Waals surface area contributed by atoms with Crippen molar-refractivity contribution in [1.29, 1.82) is 0 Å². The highest BCUT2D eigenvalue weighted by Crippen LogP contribution is 2.42. The van der Waals surface area contributed by atoms with E-state index < -0.39 is 0 Å². The molecule has 16 heavy (non-hydrogen) atoms. The summed E-state index contributed by atoms with van der Waals surface area (Å²) in [4.78, 5) is 7.81. The fraction of sp³-hybridized carbons (Fsp3) is 0.750. The van der Waals surface area contributed by atoms with Gasteiger partial charge in [0.25, 0.3) is 0 Å². The fourth-order valence-corrected chi connectivity index (χ4v) is 2.12. The lowest BCUT2D eigenvalue weighted by Crippen LogP contribution is -2.37. The molecule has 0 bridgehead atoms. The van der Waals surface area contributed by atoms with Gasteiger partial charge in [0.1, 0.15) is 11.4 Å². The third kappa shape index (κ3) is 2.13. The Hall–Kier alpha value is -0.870. The first-order valence-electron chi connectivity index (χ1n) is 6.11. The van der Waals surface area contributed by atoms with Gasteiger partial charge in [0.2, 0.25) is 0 Å². The minimum absolute atomic E-state index is 0.122. The second-order valence-corrected chi connectivity index (χ2v) is 4.49. The summed E-state index contributed by atoms with van der Waals surface area (Å²) in [6.45, 7) is 4.07. The molecule has 1 aliphatic carbocycles. The van der Waals surface area contributed by atoms with Crippen molar-refractivity contribution in [1.82, 2.24) is 15.3 Å². The topological polar surface area (TPSA) is 49.9 Å². The zero-order chi connectivity index (χ0) is 11.4. The number of aromatic nitrogens is 2. The number of ether oxygens (including phenoxy) is 1. The van der Waals surface area contributed by atoms with Crippen molar-refractivity contribution in [3.63, 3.8) is 0 Å². The standard InChI is InChI=1S/C12H21N3O/c1-3-7-13-8-10-9-14-11(15-10)12(16-2)5-4-6-12/h9,13H,3-8H2,1-2H3,(H,14,15). The third-order valence-electron chi connectivity index (χ3n) is 3.35. The molecule has 4 heteroatoms. The van der Waals surface area contributed by atoms with Crippen LogP contribution in [0.2, 0.25) is 0 Å². The van der Waals surface area contributed by atoms with Crippen molar-refractivity contribution in [2.45, 2.75) is 44.8 Å². The predicted molar refractivity (Wildman–Crippen MR) is 63.1 cm³/mol. The number of nitrogens with one attached hydrogen (secondary N) is 2. The molecule has 4 nitrogen and oxygen atoms in total. The van der Waals surface area contributed by atoms with Gasteiger partial charge in [-0.25, -0.2) is 4.98 Å². The first kappa shape index (κ1) is 11.6. The predicted octanol–water partition coefficient (Wildman–Crippen LogP) is 1.93. The molecule has 0 aromatic carbocycles. The largest absolute Gasteiger partial charge is 0.370 e. The van der Waals surface area contributed by atoms with E-state index in [1.807, 2.05) is 6.20 Å². The van der Waals surface area contributed by atoms with Crippen LogP contribution in [0.5, 0.6) is 0 Å². The molecule has 1 fully saturated rings. The Morgan fingerprint density at radius 3 is 2.94 bits per heavy atom. The molecular formula is C12H21N3O. The van der Waals surface area contributed by atoms with Crippen molar-refractivity contribution >= 4 is 0 Å². The quantitative estimate of drug-likeness (QED) is 0.725. The molecule has 2 N–H and O–H groups in total. The molecule has 0 amide bonds. The maximum absolute atomic E-state index is 5.58. The van der Waals surface area contributed by atoms with Crippen molar-refractivity contribution in [3.05, 3.63) is 17.7 Å². The maximum atomic E-state index is 5.58. The van der Waals surface area contributed by atoms with Crippen molar-refractivity contribution < 1.29 is 4.74 Å². The fourth-order valence-electron chi connectivity index (χ4n) is 2.12. The normalized spacial score (nSPS) is 18.4. The second-order valence-electron chi connectivity index (χ2n) is 4.49. The summed E-state index contributed by atoms with van der Waals surface area (Å²) in [6.07, 6.45) is 6.47. The van der Waals surface area contributed by atoms with E-state index in [0.29, 0.717) is 0 Å². The molecule has 1 aromatic heterocycles. The van der Waals surface area contributed by atoms with Gasteiger partial charge in [-0.1, -0.05) is 6.92 Å². The lowest BCUT2D eigenvalue weighted by atomic mass is 9.79. The molecule has 1 aromatic rings. The van der Waals surface area contributed by atoms with Gasteiger partial charge >= 0.3 is 0 Å². The molecule has 0 radical (unpaired) electrons. The van der Waals surface area contributed by atoms with Crippen molar-refractivity contribution in [3.8, 4) is 0 Å². The molecule has 1 saturated carbocycles. The number of hydrogen-bond acceptors (Lipinski definition) is 3. The summed E-state index contributed by atoms with van der Waals surface area (Å²) < 4.78 is 5.58. The number of H-pyrrole nitrogens is 1. The summed E-state index contributed by atoms with van der Waals surface area (Å²) in [7, 11) is 1.77. The smallest absolute Gasteiger partial charge is 0.138 e. The monoisotopic (exact) mass is 223 g/mol. The minimum atomic E-state index is -0.122. The van der Waals surface area contributed by atoms with Gasteiger partial charge in [0, 0.05) is 25.5 Å². The van der Waals surface area contributed by atoms with Crippen LogP contribution in [0.1, 0.15) is 44.1 Å². The van der Waals surface area contributed by atoms with Crippen LogP contribution in [-0.2, 0) is 16.9 Å². The number of nitrogens with zero attached hydrogens (tertiary/aromatic N) is 1. The van der Waals surface area contributed by atoms with Crippen LogP contribution in [0.3, 0.4) is 0 Å². The van der Waals surface area contributed by atoms with E-state index >= 15 is 0 Å². The Labute approximate surface area is 96.8 Å². The summed E-state index contributed by atoms with van der Waals surface area (Å²) in [5.41, 5.74) is 1.02. The van der Waals surface area contributed by atoms with E-state index in [0.717, 1.165) is 43.9 Å². The summed E-state index contributed by atoms with van der Waals surface area (Å²) >= 11 is 0. The van der Waals surface area contributed by atoms with Crippen LogP contribution in [0.15, 0.2) is 6.20 Å². The number of rotatable bonds is 6. The van der Waals surface area contributed by atoms with E-state index in [2.05, 4.69) is 22.2 Å². The third-order valence-corrected chi connectivity index (χ3v) is 3.35. The van der Waals surface area contributed by atoms with Crippen LogP contribution >= 0.6 is 0 Å². The van der Waals surface area contributed by atoms with E-state index in [1.165, 1.54) is 6.42 Å². The number of methoxy groups -OCH3 is 1. The van der Waals surface area contributed by atoms with Crippen molar-refractivity contribution in [2.75, 3.05) is 13.7 Å². The highest BCUT2D eigenvalue weighted by molar-refractivity contribution is 5.12. The molecule has 0 spiro atoms. The molecule has 0 unspecified atom stereocenters. The minimum Gasteiger partial charge on any atom is -0.370 e. The lowest BCUT2D eigenvalue weighted by molar-refractivity contribution is -0.0841. The molecular weight excluding hydrogens is 202 g/mol. The van der Waals surface area contributed by atoms with E-state index in [4.69, 9.17) is 4.74 Å². The number of aromatic amines is 1. The van der Waals surface area contributed by atoms with E-state index in [1.54, 1.807) is 7.11 Å². The molecule has 1 aliphatic rings. The van der Waals surface area contributed by atoms with Gasteiger partial charge in [0.15, 0.2) is 0 Å². The maximum Gasteiger partial charge on any atom is 0.138 e. The molecule has 0 saturated heterocycles. The van der Waals surface area contributed by atoms with Crippen LogP contribution in [0.25, 0.3) is 0 Å². The summed E-state index contributed by atoms with van der Waals surface area (Å²) in [5, 5.41) is 3.36. The average molecular weight is 223 g/mol. The van der Waals surface area contributed by atoms with Gasteiger partial charge in [-0.3, -0.25) is 0 Å². The van der Waals surface area contributed by atoms with Crippen LogP contribution in [0.4, 0.5) is 0 Å². The first-order chi connectivity index (χ1) is 7.80. The lowest BCUT2D eigenvalue weighted by Gasteiger charge is -2.38. The molecule has 2 rings (SSSR count). The summed E-state index contributed by atoms with van der Waals surface area (Å²) in [6, 6.07) is 0. The Kier molecular flexibility index (Phi) is 3.61. The van der Waals surface area contributed by atoms with E-state index in [9.17, 15) is 0 Å². The van der Waals surface area contributed by atoms with Gasteiger partial charge in [-0.2, -0.15) is 0 Å². The van der Waals surface area contributed by atoms with E-state index in [-0.39, 0.29) is 5.60 Å². The highest BCUT2D eigenvalue weighted by Gasteiger charge is 2.41. The van der Waals surface area contributed by atoms with Crippen LogP contribution in [0, 0.1) is 0 Å².